The van der Waals surface area contributed by atoms with E-state index in [1.807, 2.05) is 0 Å². The number of hydrogen-bond acceptors (Lipinski definition) is 1. The summed E-state index contributed by atoms with van der Waals surface area (Å²) in [7, 11) is 0. The van der Waals surface area contributed by atoms with Crippen LogP contribution in [0.25, 0.3) is 0 Å². The van der Waals surface area contributed by atoms with Crippen molar-refractivity contribution in [3.05, 3.63) is 0 Å². The van der Waals surface area contributed by atoms with Gasteiger partial charge in [0.2, 0.25) is 0 Å². The zero-order valence-corrected chi connectivity index (χ0v) is 7.51. The van der Waals surface area contributed by atoms with Gasteiger partial charge in [0.15, 0.2) is 0 Å². The molecule has 1 nitrogen and oxygen atoms in total. The monoisotopic (exact) mass is 171 g/mol. The Labute approximate surface area is 73.5 Å². The van der Waals surface area contributed by atoms with Crippen LogP contribution in [0.1, 0.15) is 32.1 Å². The van der Waals surface area contributed by atoms with Crippen LogP contribution in [0.2, 0.25) is 0 Å². The van der Waals surface area contributed by atoms with E-state index in [2.05, 4.69) is 0 Å². The van der Waals surface area contributed by atoms with E-state index < -0.39 is 6.17 Å². The van der Waals surface area contributed by atoms with Crippen LogP contribution in [0.15, 0.2) is 0 Å². The average molecular weight is 171 g/mol. The first-order chi connectivity index (χ1) is 5.81. The number of halogens is 1. The molecule has 0 aromatic heterocycles. The van der Waals surface area contributed by atoms with Crippen molar-refractivity contribution in [2.45, 2.75) is 38.3 Å². The lowest BCUT2D eigenvalue weighted by atomic mass is 9.67. The van der Waals surface area contributed by atoms with E-state index in [0.29, 0.717) is 17.8 Å². The van der Waals surface area contributed by atoms with Gasteiger partial charge >= 0.3 is 0 Å². The number of hydrogen-bond donors (Lipinski definition) is 1. The van der Waals surface area contributed by atoms with Crippen molar-refractivity contribution in [1.29, 1.82) is 0 Å². The first kappa shape index (κ1) is 8.49. The lowest BCUT2D eigenvalue weighted by molar-refractivity contribution is 0.0274. The molecule has 2 aliphatic carbocycles. The molecule has 2 heteroatoms. The zero-order valence-electron chi connectivity index (χ0n) is 7.51. The maximum absolute atomic E-state index is 13.6. The predicted molar refractivity (Wildman–Crippen MR) is 47.5 cm³/mol. The van der Waals surface area contributed by atoms with Gasteiger partial charge in [0, 0.05) is 0 Å². The summed E-state index contributed by atoms with van der Waals surface area (Å²) >= 11 is 0. The van der Waals surface area contributed by atoms with Crippen molar-refractivity contribution in [2.24, 2.45) is 23.5 Å². The minimum Gasteiger partial charge on any atom is -0.330 e. The summed E-state index contributed by atoms with van der Waals surface area (Å²) in [5.41, 5.74) is 5.63. The topological polar surface area (TPSA) is 26.0 Å². The highest BCUT2D eigenvalue weighted by molar-refractivity contribution is 4.90. The zero-order chi connectivity index (χ0) is 8.55. The highest BCUT2D eigenvalue weighted by atomic mass is 19.1. The molecule has 0 aliphatic heterocycles. The summed E-state index contributed by atoms with van der Waals surface area (Å²) in [6.45, 7) is 0.764. The van der Waals surface area contributed by atoms with Gasteiger partial charge in [-0.15, -0.1) is 0 Å². The van der Waals surface area contributed by atoms with E-state index in [-0.39, 0.29) is 0 Å². The molecular formula is C10H18FN. The summed E-state index contributed by atoms with van der Waals surface area (Å²) in [5, 5.41) is 0. The second-order valence-electron chi connectivity index (χ2n) is 4.47. The van der Waals surface area contributed by atoms with E-state index in [0.717, 1.165) is 32.2 Å². The molecule has 70 valence electrons. The first-order valence-corrected chi connectivity index (χ1v) is 5.15. The molecule has 12 heavy (non-hydrogen) atoms. The maximum Gasteiger partial charge on any atom is 0.106 e. The van der Waals surface area contributed by atoms with Crippen LogP contribution in [0.3, 0.4) is 0 Å². The van der Waals surface area contributed by atoms with Gasteiger partial charge < -0.3 is 5.73 Å². The van der Waals surface area contributed by atoms with Crippen molar-refractivity contribution in [2.75, 3.05) is 6.54 Å². The SMILES string of the molecule is NCC1CC2CCCC(C1)C2F. The van der Waals surface area contributed by atoms with Crippen molar-refractivity contribution in [3.8, 4) is 0 Å². The summed E-state index contributed by atoms with van der Waals surface area (Å²) in [5.74, 6) is 1.32. The standard InChI is InChI=1S/C10H18FN/c11-10-8-2-1-3-9(10)5-7(4-8)6-12/h7-10H,1-6,12H2. The molecule has 0 radical (unpaired) electrons. The molecule has 2 unspecified atom stereocenters. The van der Waals surface area contributed by atoms with E-state index >= 15 is 0 Å². The van der Waals surface area contributed by atoms with Crippen LogP contribution in [-0.4, -0.2) is 12.7 Å². The van der Waals surface area contributed by atoms with Crippen LogP contribution >= 0.6 is 0 Å². The second-order valence-corrected chi connectivity index (χ2v) is 4.47. The van der Waals surface area contributed by atoms with Gasteiger partial charge in [-0.05, 0) is 50.0 Å². The Bertz CT molecular complexity index is 146. The largest absolute Gasteiger partial charge is 0.330 e. The molecule has 0 aromatic rings. The van der Waals surface area contributed by atoms with Crippen LogP contribution in [0.5, 0.6) is 0 Å². The van der Waals surface area contributed by atoms with Crippen molar-refractivity contribution in [1.82, 2.24) is 0 Å². The van der Waals surface area contributed by atoms with E-state index in [1.54, 1.807) is 0 Å². The third-order valence-corrected chi connectivity index (χ3v) is 3.66. The quantitative estimate of drug-likeness (QED) is 0.642. The number of alkyl halides is 1. The van der Waals surface area contributed by atoms with Gasteiger partial charge in [0.25, 0.3) is 0 Å². The van der Waals surface area contributed by atoms with Crippen LogP contribution < -0.4 is 5.73 Å². The number of rotatable bonds is 1. The Morgan fingerprint density at radius 3 is 2.25 bits per heavy atom. The highest BCUT2D eigenvalue weighted by Gasteiger charge is 2.39. The molecule has 2 saturated carbocycles. The molecule has 0 aromatic carbocycles. The van der Waals surface area contributed by atoms with Crippen LogP contribution in [0.4, 0.5) is 4.39 Å². The fourth-order valence-electron chi connectivity index (χ4n) is 2.99. The fraction of sp³-hybridized carbons (Fsp3) is 1.00. The molecule has 0 spiro atoms. The van der Waals surface area contributed by atoms with Crippen LogP contribution in [-0.2, 0) is 0 Å². The van der Waals surface area contributed by atoms with Gasteiger partial charge in [0.05, 0.1) is 0 Å². The molecule has 0 amide bonds. The summed E-state index contributed by atoms with van der Waals surface area (Å²) in [6.07, 6.45) is 5.05. The Morgan fingerprint density at radius 2 is 1.75 bits per heavy atom. The second kappa shape index (κ2) is 3.33. The Hall–Kier alpha value is -0.110. The van der Waals surface area contributed by atoms with Crippen LogP contribution in [0, 0.1) is 17.8 Å². The molecular weight excluding hydrogens is 153 g/mol. The smallest absolute Gasteiger partial charge is 0.106 e. The first-order valence-electron chi connectivity index (χ1n) is 5.15. The van der Waals surface area contributed by atoms with Gasteiger partial charge in [-0.1, -0.05) is 6.42 Å². The Balaban J connectivity index is 2.02. The molecule has 2 N–H and O–H groups in total. The Morgan fingerprint density at radius 1 is 1.17 bits per heavy atom. The van der Waals surface area contributed by atoms with E-state index in [9.17, 15) is 4.39 Å². The maximum atomic E-state index is 13.6. The Kier molecular flexibility index (Phi) is 2.35. The summed E-state index contributed by atoms with van der Waals surface area (Å²) < 4.78 is 13.6. The molecule has 2 bridgehead atoms. The lowest BCUT2D eigenvalue weighted by Gasteiger charge is -2.41. The van der Waals surface area contributed by atoms with E-state index in [4.69, 9.17) is 5.73 Å². The van der Waals surface area contributed by atoms with Gasteiger partial charge in [0.1, 0.15) is 6.17 Å². The minimum atomic E-state index is -0.499. The molecule has 2 atom stereocenters. The fourth-order valence-corrected chi connectivity index (χ4v) is 2.99. The number of fused-ring (bicyclic) bond motifs is 2. The minimum absolute atomic E-state index is 0.353. The van der Waals surface area contributed by atoms with Crippen molar-refractivity contribution >= 4 is 0 Å². The molecule has 0 heterocycles. The molecule has 2 aliphatic rings. The molecule has 0 saturated heterocycles. The van der Waals surface area contributed by atoms with Crippen molar-refractivity contribution < 1.29 is 4.39 Å². The molecule has 2 fully saturated rings. The van der Waals surface area contributed by atoms with Gasteiger partial charge in [-0.25, -0.2) is 4.39 Å². The summed E-state index contributed by atoms with van der Waals surface area (Å²) in [6, 6.07) is 0. The van der Waals surface area contributed by atoms with Gasteiger partial charge in [-0.2, -0.15) is 0 Å². The number of nitrogens with two attached hydrogens (primary N) is 1. The molecule has 2 rings (SSSR count). The lowest BCUT2D eigenvalue weighted by Crippen LogP contribution is -2.39. The third kappa shape index (κ3) is 1.37. The average Bonchev–Trinajstić information content (AvgIpc) is 2.04. The van der Waals surface area contributed by atoms with E-state index in [1.165, 1.54) is 6.42 Å². The van der Waals surface area contributed by atoms with Gasteiger partial charge in [-0.3, -0.25) is 0 Å². The third-order valence-electron chi connectivity index (χ3n) is 3.66. The van der Waals surface area contributed by atoms with Crippen molar-refractivity contribution in [3.63, 3.8) is 0 Å². The summed E-state index contributed by atoms with van der Waals surface area (Å²) in [4.78, 5) is 0. The highest BCUT2D eigenvalue weighted by Crippen LogP contribution is 2.43. The normalized spacial score (nSPS) is 47.5. The predicted octanol–water partition coefficient (Wildman–Crippen LogP) is 2.11.